The molecule has 24 heavy (non-hydrogen) atoms. The van der Waals surface area contributed by atoms with Gasteiger partial charge in [0, 0.05) is 0 Å². The number of rotatable bonds is 8. The van der Waals surface area contributed by atoms with E-state index in [4.69, 9.17) is 10.00 Å². The van der Waals surface area contributed by atoms with Crippen molar-refractivity contribution in [2.24, 2.45) is 5.41 Å². The Hall–Kier alpha value is -2.55. The standard InChI is InChI=1S/C18H25N3O3/c1-4-18(2,3)12-15(16(22)20-11-10-19)21-17(23)24-13-14-8-6-5-7-9-14/h5-9,15H,4,11-13H2,1-3H3,(H,20,22)(H,21,23). The monoisotopic (exact) mass is 331 g/mol. The second-order valence-corrected chi connectivity index (χ2v) is 6.36. The van der Waals surface area contributed by atoms with Gasteiger partial charge in [0.15, 0.2) is 0 Å². The van der Waals surface area contributed by atoms with Gasteiger partial charge in [0.2, 0.25) is 5.91 Å². The zero-order valence-electron chi connectivity index (χ0n) is 14.5. The molecule has 1 aromatic carbocycles. The first-order chi connectivity index (χ1) is 11.4. The third-order valence-electron chi connectivity index (χ3n) is 3.88. The number of ether oxygens (including phenoxy) is 1. The molecule has 1 aromatic rings. The van der Waals surface area contributed by atoms with Crippen molar-refractivity contribution in [1.29, 1.82) is 5.26 Å². The molecule has 0 saturated heterocycles. The van der Waals surface area contributed by atoms with Crippen molar-refractivity contribution in [2.45, 2.75) is 46.3 Å². The molecule has 0 heterocycles. The summed E-state index contributed by atoms with van der Waals surface area (Å²) in [5.74, 6) is -0.380. The van der Waals surface area contributed by atoms with Gasteiger partial charge in [-0.2, -0.15) is 5.26 Å². The predicted molar refractivity (Wildman–Crippen MR) is 90.9 cm³/mol. The fourth-order valence-electron chi connectivity index (χ4n) is 2.06. The Morgan fingerprint density at radius 3 is 2.54 bits per heavy atom. The number of nitrogens with zero attached hydrogens (tertiary/aromatic N) is 1. The fraction of sp³-hybridized carbons (Fsp3) is 0.500. The van der Waals surface area contributed by atoms with Crippen LogP contribution in [-0.2, 0) is 16.1 Å². The molecule has 0 fully saturated rings. The van der Waals surface area contributed by atoms with Gasteiger partial charge in [-0.3, -0.25) is 4.79 Å². The van der Waals surface area contributed by atoms with Gasteiger partial charge in [-0.05, 0) is 17.4 Å². The van der Waals surface area contributed by atoms with E-state index in [2.05, 4.69) is 10.6 Å². The molecule has 0 spiro atoms. The number of amides is 2. The van der Waals surface area contributed by atoms with Crippen LogP contribution in [-0.4, -0.2) is 24.6 Å². The van der Waals surface area contributed by atoms with Crippen LogP contribution in [0.4, 0.5) is 4.79 Å². The zero-order valence-corrected chi connectivity index (χ0v) is 14.5. The van der Waals surface area contributed by atoms with Gasteiger partial charge in [0.25, 0.3) is 0 Å². The van der Waals surface area contributed by atoms with Gasteiger partial charge in [0.05, 0.1) is 6.07 Å². The molecule has 130 valence electrons. The molecule has 2 N–H and O–H groups in total. The second kappa shape index (κ2) is 9.56. The minimum Gasteiger partial charge on any atom is -0.445 e. The number of carbonyl (C=O) groups is 2. The van der Waals surface area contributed by atoms with Crippen LogP contribution in [0.1, 0.15) is 39.2 Å². The molecule has 0 aromatic heterocycles. The lowest BCUT2D eigenvalue weighted by atomic mass is 9.83. The van der Waals surface area contributed by atoms with Crippen LogP contribution in [0.2, 0.25) is 0 Å². The molecule has 6 nitrogen and oxygen atoms in total. The summed E-state index contributed by atoms with van der Waals surface area (Å²) in [5, 5.41) is 13.7. The van der Waals surface area contributed by atoms with E-state index in [9.17, 15) is 9.59 Å². The maximum absolute atomic E-state index is 12.2. The molecule has 0 aliphatic rings. The molecule has 0 aliphatic carbocycles. The molecule has 6 heteroatoms. The van der Waals surface area contributed by atoms with E-state index >= 15 is 0 Å². The van der Waals surface area contributed by atoms with Crippen molar-refractivity contribution in [3.8, 4) is 6.07 Å². The van der Waals surface area contributed by atoms with E-state index in [0.29, 0.717) is 6.42 Å². The third kappa shape index (κ3) is 7.14. The summed E-state index contributed by atoms with van der Waals surface area (Å²) in [6.45, 7) is 6.11. The molecule has 0 aliphatic heterocycles. The van der Waals surface area contributed by atoms with E-state index in [1.807, 2.05) is 57.2 Å². The molecular weight excluding hydrogens is 306 g/mol. The first-order valence-corrected chi connectivity index (χ1v) is 8.00. The smallest absolute Gasteiger partial charge is 0.408 e. The minimum absolute atomic E-state index is 0.0946. The van der Waals surface area contributed by atoms with E-state index in [1.165, 1.54) is 0 Å². The Morgan fingerprint density at radius 2 is 1.96 bits per heavy atom. The lowest BCUT2D eigenvalue weighted by Gasteiger charge is -2.28. The van der Waals surface area contributed by atoms with Crippen LogP contribution in [0.3, 0.4) is 0 Å². The average Bonchev–Trinajstić information content (AvgIpc) is 2.58. The summed E-state index contributed by atoms with van der Waals surface area (Å²) in [5.41, 5.74) is 0.744. The van der Waals surface area contributed by atoms with Crippen LogP contribution in [0, 0.1) is 16.7 Å². The second-order valence-electron chi connectivity index (χ2n) is 6.36. The molecule has 2 amide bonds. The minimum atomic E-state index is -0.739. The van der Waals surface area contributed by atoms with Crippen LogP contribution >= 0.6 is 0 Å². The summed E-state index contributed by atoms with van der Waals surface area (Å²) in [4.78, 5) is 24.2. The van der Waals surface area contributed by atoms with Crippen molar-refractivity contribution in [1.82, 2.24) is 10.6 Å². The lowest BCUT2D eigenvalue weighted by molar-refractivity contribution is -0.123. The highest BCUT2D eigenvalue weighted by atomic mass is 16.5. The highest BCUT2D eigenvalue weighted by molar-refractivity contribution is 5.85. The Kier molecular flexibility index (Phi) is 7.76. The first kappa shape index (κ1) is 19.5. The summed E-state index contributed by atoms with van der Waals surface area (Å²) in [7, 11) is 0. The van der Waals surface area contributed by atoms with Crippen molar-refractivity contribution in [2.75, 3.05) is 6.54 Å². The SMILES string of the molecule is CCC(C)(C)CC(NC(=O)OCc1ccccc1)C(=O)NCC#N. The molecule has 0 radical (unpaired) electrons. The van der Waals surface area contributed by atoms with Crippen LogP contribution in [0.15, 0.2) is 30.3 Å². The Bertz CT molecular complexity index is 579. The van der Waals surface area contributed by atoms with E-state index in [1.54, 1.807) is 0 Å². The van der Waals surface area contributed by atoms with Gasteiger partial charge < -0.3 is 15.4 Å². The first-order valence-electron chi connectivity index (χ1n) is 8.00. The molecule has 1 unspecified atom stereocenters. The molecule has 0 saturated carbocycles. The van der Waals surface area contributed by atoms with Gasteiger partial charge >= 0.3 is 6.09 Å². The number of carbonyl (C=O) groups excluding carboxylic acids is 2. The normalized spacial score (nSPS) is 11.9. The molecular formula is C18H25N3O3. The van der Waals surface area contributed by atoms with Crippen molar-refractivity contribution in [3.05, 3.63) is 35.9 Å². The largest absolute Gasteiger partial charge is 0.445 e. The summed E-state index contributed by atoms with van der Waals surface area (Å²) in [6, 6.07) is 10.4. The molecule has 0 bridgehead atoms. The van der Waals surface area contributed by atoms with Gasteiger partial charge in [-0.1, -0.05) is 57.5 Å². The number of benzene rings is 1. The quantitative estimate of drug-likeness (QED) is 0.717. The Morgan fingerprint density at radius 1 is 1.29 bits per heavy atom. The summed E-state index contributed by atoms with van der Waals surface area (Å²) in [6.07, 6.45) is 0.666. The van der Waals surface area contributed by atoms with Crippen molar-refractivity contribution in [3.63, 3.8) is 0 Å². The highest BCUT2D eigenvalue weighted by Gasteiger charge is 2.28. The summed E-state index contributed by atoms with van der Waals surface area (Å²) < 4.78 is 5.17. The zero-order chi connectivity index (χ0) is 18.0. The number of hydrogen-bond acceptors (Lipinski definition) is 4. The Balaban J connectivity index is 2.63. The van der Waals surface area contributed by atoms with E-state index < -0.39 is 12.1 Å². The van der Waals surface area contributed by atoms with Crippen molar-refractivity contribution < 1.29 is 14.3 Å². The van der Waals surface area contributed by atoms with Gasteiger partial charge in [0.1, 0.15) is 19.2 Å². The number of nitriles is 1. The van der Waals surface area contributed by atoms with E-state index in [-0.39, 0.29) is 24.5 Å². The number of hydrogen-bond donors (Lipinski definition) is 2. The number of nitrogens with one attached hydrogen (secondary N) is 2. The topological polar surface area (TPSA) is 91.2 Å². The van der Waals surface area contributed by atoms with Gasteiger partial charge in [-0.15, -0.1) is 0 Å². The van der Waals surface area contributed by atoms with Crippen molar-refractivity contribution >= 4 is 12.0 Å². The maximum Gasteiger partial charge on any atom is 0.408 e. The Labute approximate surface area is 143 Å². The maximum atomic E-state index is 12.2. The number of alkyl carbamates (subject to hydrolysis) is 1. The summed E-state index contributed by atoms with van der Waals surface area (Å²) >= 11 is 0. The average molecular weight is 331 g/mol. The van der Waals surface area contributed by atoms with Crippen LogP contribution < -0.4 is 10.6 Å². The molecule has 1 rings (SSSR count). The third-order valence-corrected chi connectivity index (χ3v) is 3.88. The van der Waals surface area contributed by atoms with Gasteiger partial charge in [-0.25, -0.2) is 4.79 Å². The lowest BCUT2D eigenvalue weighted by Crippen LogP contribution is -2.48. The highest BCUT2D eigenvalue weighted by Crippen LogP contribution is 2.26. The predicted octanol–water partition coefficient (Wildman–Crippen LogP) is 2.75. The van der Waals surface area contributed by atoms with Crippen LogP contribution in [0.25, 0.3) is 0 Å². The molecule has 1 atom stereocenters. The van der Waals surface area contributed by atoms with Crippen LogP contribution in [0.5, 0.6) is 0 Å². The van der Waals surface area contributed by atoms with E-state index in [0.717, 1.165) is 12.0 Å². The fourth-order valence-corrected chi connectivity index (χ4v) is 2.06.